The van der Waals surface area contributed by atoms with Gasteiger partial charge in [0.05, 0.1) is 11.3 Å². The monoisotopic (exact) mass is 463 g/mol. The first-order valence-electron chi connectivity index (χ1n) is 11.6. The number of rotatable bonds is 4. The van der Waals surface area contributed by atoms with Crippen LogP contribution in [0.25, 0.3) is 22.0 Å². The highest BCUT2D eigenvalue weighted by molar-refractivity contribution is 6.00. The molecule has 2 aromatic carbocycles. The van der Waals surface area contributed by atoms with Gasteiger partial charge in [0.15, 0.2) is 5.82 Å². The van der Waals surface area contributed by atoms with Crippen LogP contribution in [0.3, 0.4) is 0 Å². The Balaban J connectivity index is 1.42. The Morgan fingerprint density at radius 3 is 2.41 bits per heavy atom. The molecule has 3 heterocycles. The number of phenols is 1. The molecule has 2 aliphatic rings. The zero-order chi connectivity index (χ0) is 24.3. The Morgan fingerprint density at radius 1 is 1.12 bits per heavy atom. The summed E-state index contributed by atoms with van der Waals surface area (Å²) in [5.41, 5.74) is 1.20. The second kappa shape index (κ2) is 7.91. The summed E-state index contributed by atoms with van der Waals surface area (Å²) in [5, 5.41) is 26.8. The molecule has 3 N–H and O–H groups in total. The van der Waals surface area contributed by atoms with Gasteiger partial charge in [-0.15, -0.1) is 10.2 Å². The third kappa shape index (κ3) is 3.86. The maximum Gasteiger partial charge on any atom is 0.254 e. The summed E-state index contributed by atoms with van der Waals surface area (Å²) >= 11 is 0. The van der Waals surface area contributed by atoms with Crippen LogP contribution in [0.4, 0.5) is 10.2 Å². The molecule has 5 rings (SSSR count). The van der Waals surface area contributed by atoms with Crippen molar-refractivity contribution in [2.75, 3.05) is 19.0 Å². The fraction of sp³-hybridized carbons (Fsp3) is 0.423. The molecule has 7 nitrogen and oxygen atoms in total. The van der Waals surface area contributed by atoms with Crippen molar-refractivity contribution in [2.45, 2.75) is 56.7 Å². The smallest absolute Gasteiger partial charge is 0.254 e. The molecule has 34 heavy (non-hydrogen) atoms. The number of hydrogen-bond donors (Lipinski definition) is 3. The van der Waals surface area contributed by atoms with E-state index in [0.717, 1.165) is 18.7 Å². The number of hydrogen-bond acceptors (Lipinski definition) is 6. The molecule has 0 spiro atoms. The number of anilines is 1. The molecule has 1 amide bonds. The number of piperidine rings is 1. The summed E-state index contributed by atoms with van der Waals surface area (Å²) in [5.74, 6) is -0.361. The first-order chi connectivity index (χ1) is 16.1. The quantitative estimate of drug-likeness (QED) is 0.542. The Labute approximate surface area is 198 Å². The van der Waals surface area contributed by atoms with Gasteiger partial charge < -0.3 is 20.6 Å². The van der Waals surface area contributed by atoms with Crippen molar-refractivity contribution in [3.05, 3.63) is 47.8 Å². The maximum atomic E-state index is 14.5. The summed E-state index contributed by atoms with van der Waals surface area (Å²) in [4.78, 5) is 14.1. The SMILES string of the molecule is CNC(=O)c1cc2cc(O)c(-c3ccc(N(C)C4C[C@]5(C)CC[C@](C)(C4)N5)nn3)cc2cc1F. The van der Waals surface area contributed by atoms with Crippen LogP contribution in [-0.4, -0.2) is 52.4 Å². The van der Waals surface area contributed by atoms with Gasteiger partial charge in [-0.25, -0.2) is 4.39 Å². The van der Waals surface area contributed by atoms with E-state index in [2.05, 4.69) is 46.6 Å². The van der Waals surface area contributed by atoms with Crippen molar-refractivity contribution < 1.29 is 14.3 Å². The standard InChI is InChI=1S/C26H30FN5O2/c1-25-7-8-26(2,31-25)14-17(13-25)32(4)23-6-5-21(29-30-23)19-10-15-11-20(27)18(24(34)28-3)9-16(15)12-22(19)33/h5-6,9-12,17,31,33H,7-8,13-14H2,1-4H3,(H,28,34)/t17?,25-,26+. The molecule has 2 fully saturated rings. The minimum absolute atomic E-state index is 0.00634. The molecule has 2 bridgehead atoms. The van der Waals surface area contributed by atoms with Crippen molar-refractivity contribution in [1.82, 2.24) is 20.8 Å². The zero-order valence-electron chi connectivity index (χ0n) is 19.9. The molecule has 2 aliphatic heterocycles. The van der Waals surface area contributed by atoms with Gasteiger partial charge in [-0.1, -0.05) is 0 Å². The lowest BCUT2D eigenvalue weighted by Crippen LogP contribution is -2.58. The second-order valence-corrected chi connectivity index (χ2v) is 10.3. The van der Waals surface area contributed by atoms with Crippen molar-refractivity contribution in [3.63, 3.8) is 0 Å². The van der Waals surface area contributed by atoms with Crippen molar-refractivity contribution in [2.24, 2.45) is 0 Å². The molecule has 178 valence electrons. The van der Waals surface area contributed by atoms with E-state index in [1.54, 1.807) is 6.07 Å². The minimum atomic E-state index is -0.620. The number of benzene rings is 2. The summed E-state index contributed by atoms with van der Waals surface area (Å²) in [6, 6.07) is 10.0. The van der Waals surface area contributed by atoms with Gasteiger partial charge in [0, 0.05) is 36.8 Å². The van der Waals surface area contributed by atoms with Gasteiger partial charge >= 0.3 is 0 Å². The third-order valence-corrected chi connectivity index (χ3v) is 7.55. The van der Waals surface area contributed by atoms with Gasteiger partial charge in [0.1, 0.15) is 11.6 Å². The van der Waals surface area contributed by atoms with E-state index < -0.39 is 11.7 Å². The molecule has 0 saturated carbocycles. The number of halogens is 1. The molecule has 3 atom stereocenters. The van der Waals surface area contributed by atoms with E-state index in [0.29, 0.717) is 28.1 Å². The second-order valence-electron chi connectivity index (χ2n) is 10.3. The van der Waals surface area contributed by atoms with E-state index >= 15 is 0 Å². The average Bonchev–Trinajstić information content (AvgIpc) is 3.04. The lowest BCUT2D eigenvalue weighted by molar-refractivity contribution is 0.0959. The lowest BCUT2D eigenvalue weighted by atomic mass is 9.84. The molecule has 1 unspecified atom stereocenters. The molecular weight excluding hydrogens is 433 g/mol. The molecule has 8 heteroatoms. The van der Waals surface area contributed by atoms with E-state index in [-0.39, 0.29) is 22.4 Å². The molecule has 0 radical (unpaired) electrons. The Bertz CT molecular complexity index is 1260. The van der Waals surface area contributed by atoms with Crippen LogP contribution in [0.15, 0.2) is 36.4 Å². The number of aromatic hydroxyl groups is 1. The number of phenolic OH excluding ortho intramolecular Hbond substituents is 1. The normalized spacial score (nSPS) is 26.0. The number of nitrogens with one attached hydrogen (secondary N) is 2. The van der Waals surface area contributed by atoms with E-state index in [9.17, 15) is 14.3 Å². The fourth-order valence-corrected chi connectivity index (χ4v) is 5.77. The molecular formula is C26H30FN5O2. The predicted octanol–water partition coefficient (Wildman–Crippen LogP) is 4.00. The average molecular weight is 464 g/mol. The molecule has 1 aromatic heterocycles. The Hall–Kier alpha value is -3.26. The molecule has 0 aliphatic carbocycles. The highest BCUT2D eigenvalue weighted by atomic mass is 19.1. The van der Waals surface area contributed by atoms with Crippen molar-refractivity contribution >= 4 is 22.5 Å². The van der Waals surface area contributed by atoms with Gasteiger partial charge in [-0.2, -0.15) is 0 Å². The van der Waals surface area contributed by atoms with Gasteiger partial charge in [0.25, 0.3) is 5.91 Å². The van der Waals surface area contributed by atoms with Crippen molar-refractivity contribution in [3.8, 4) is 17.0 Å². The number of nitrogens with zero attached hydrogens (tertiary/aromatic N) is 3. The van der Waals surface area contributed by atoms with Crippen LogP contribution < -0.4 is 15.5 Å². The highest BCUT2D eigenvalue weighted by Gasteiger charge is 2.49. The number of carbonyl (C=O) groups is 1. The van der Waals surface area contributed by atoms with Crippen LogP contribution in [0.1, 0.15) is 49.9 Å². The number of amides is 1. The molecule has 3 aromatic rings. The van der Waals surface area contributed by atoms with E-state index in [4.69, 9.17) is 0 Å². The van der Waals surface area contributed by atoms with Crippen LogP contribution in [0.2, 0.25) is 0 Å². The third-order valence-electron chi connectivity index (χ3n) is 7.55. The van der Waals surface area contributed by atoms with E-state index in [1.807, 2.05) is 12.1 Å². The van der Waals surface area contributed by atoms with Crippen LogP contribution in [-0.2, 0) is 0 Å². The minimum Gasteiger partial charge on any atom is -0.507 e. The van der Waals surface area contributed by atoms with Gasteiger partial charge in [0.2, 0.25) is 0 Å². The lowest BCUT2D eigenvalue weighted by Gasteiger charge is -2.45. The highest BCUT2D eigenvalue weighted by Crippen LogP contribution is 2.44. The number of aromatic nitrogens is 2. The molecule has 2 saturated heterocycles. The summed E-state index contributed by atoms with van der Waals surface area (Å²) in [6.45, 7) is 4.60. The van der Waals surface area contributed by atoms with Crippen molar-refractivity contribution in [1.29, 1.82) is 0 Å². The largest absolute Gasteiger partial charge is 0.507 e. The summed E-state index contributed by atoms with van der Waals surface area (Å²) in [7, 11) is 3.51. The van der Waals surface area contributed by atoms with Crippen LogP contribution in [0.5, 0.6) is 5.75 Å². The zero-order valence-corrected chi connectivity index (χ0v) is 19.9. The van der Waals surface area contributed by atoms with Gasteiger partial charge in [-0.05, 0) is 86.7 Å². The summed E-state index contributed by atoms with van der Waals surface area (Å²) in [6.07, 6.45) is 4.48. The fourth-order valence-electron chi connectivity index (χ4n) is 5.77. The van der Waals surface area contributed by atoms with E-state index in [1.165, 1.54) is 38.1 Å². The topological polar surface area (TPSA) is 90.4 Å². The number of carbonyl (C=O) groups excluding carboxylic acids is 1. The maximum absolute atomic E-state index is 14.5. The van der Waals surface area contributed by atoms with Crippen LogP contribution in [0, 0.1) is 5.82 Å². The predicted molar refractivity (Wildman–Crippen MR) is 131 cm³/mol. The summed E-state index contributed by atoms with van der Waals surface area (Å²) < 4.78 is 14.5. The first kappa shape index (κ1) is 22.5. The first-order valence-corrected chi connectivity index (χ1v) is 11.6. The Kier molecular flexibility index (Phi) is 5.24. The number of fused-ring (bicyclic) bond motifs is 3. The van der Waals surface area contributed by atoms with Crippen LogP contribution >= 0.6 is 0 Å². The van der Waals surface area contributed by atoms with Gasteiger partial charge in [-0.3, -0.25) is 4.79 Å². The Morgan fingerprint density at radius 2 is 1.79 bits per heavy atom.